The average Bonchev–Trinajstić information content (AvgIpc) is 2.46. The minimum atomic E-state index is -0.243. The summed E-state index contributed by atoms with van der Waals surface area (Å²) in [4.78, 5) is 0. The number of para-hydroxylation sites is 1. The average molecular weight is 273 g/mol. The molecule has 0 heterocycles. The Morgan fingerprint density at radius 3 is 2.70 bits per heavy atom. The molecular formula is C17H20FNO. The zero-order valence-electron chi connectivity index (χ0n) is 11.7. The Morgan fingerprint density at radius 2 is 1.95 bits per heavy atom. The fourth-order valence-corrected chi connectivity index (χ4v) is 2.03. The van der Waals surface area contributed by atoms with E-state index < -0.39 is 0 Å². The minimum Gasteiger partial charge on any atom is -0.489 e. The van der Waals surface area contributed by atoms with Crippen molar-refractivity contribution in [2.24, 2.45) is 5.73 Å². The van der Waals surface area contributed by atoms with Crippen molar-refractivity contribution in [3.05, 3.63) is 65.5 Å². The fourth-order valence-electron chi connectivity index (χ4n) is 2.03. The largest absolute Gasteiger partial charge is 0.489 e. The molecule has 0 aromatic heterocycles. The first kappa shape index (κ1) is 14.5. The standard InChI is InChI=1S/C17H20FNO/c1-2-16(19)11-14-7-3-4-9-17(14)20-12-13-6-5-8-15(18)10-13/h3-10,16H,2,11-12,19H2,1H3. The highest BCUT2D eigenvalue weighted by molar-refractivity contribution is 5.34. The maximum atomic E-state index is 13.1. The van der Waals surface area contributed by atoms with Crippen LogP contribution in [0.4, 0.5) is 4.39 Å². The summed E-state index contributed by atoms with van der Waals surface area (Å²) in [6, 6.07) is 14.4. The van der Waals surface area contributed by atoms with Crippen LogP contribution in [0, 0.1) is 5.82 Å². The third-order valence-corrected chi connectivity index (χ3v) is 3.26. The van der Waals surface area contributed by atoms with Crippen molar-refractivity contribution in [3.63, 3.8) is 0 Å². The van der Waals surface area contributed by atoms with E-state index in [4.69, 9.17) is 10.5 Å². The van der Waals surface area contributed by atoms with Gasteiger partial charge in [0.25, 0.3) is 0 Å². The van der Waals surface area contributed by atoms with E-state index >= 15 is 0 Å². The predicted octanol–water partition coefficient (Wildman–Crippen LogP) is 3.68. The molecule has 2 N–H and O–H groups in total. The lowest BCUT2D eigenvalue weighted by molar-refractivity contribution is 0.301. The van der Waals surface area contributed by atoms with Crippen molar-refractivity contribution in [2.75, 3.05) is 0 Å². The van der Waals surface area contributed by atoms with Crippen molar-refractivity contribution in [1.29, 1.82) is 0 Å². The van der Waals surface area contributed by atoms with Crippen molar-refractivity contribution in [1.82, 2.24) is 0 Å². The Morgan fingerprint density at radius 1 is 1.15 bits per heavy atom. The maximum absolute atomic E-state index is 13.1. The quantitative estimate of drug-likeness (QED) is 0.871. The van der Waals surface area contributed by atoms with E-state index in [0.717, 1.165) is 29.7 Å². The third kappa shape index (κ3) is 4.07. The molecule has 0 radical (unpaired) electrons. The molecule has 3 heteroatoms. The molecule has 0 saturated carbocycles. The molecule has 0 spiro atoms. The number of ether oxygens (including phenoxy) is 1. The second-order valence-corrected chi connectivity index (χ2v) is 4.90. The molecule has 1 unspecified atom stereocenters. The Hall–Kier alpha value is -1.87. The molecule has 2 aromatic rings. The summed E-state index contributed by atoms with van der Waals surface area (Å²) < 4.78 is 18.9. The van der Waals surface area contributed by atoms with E-state index in [1.54, 1.807) is 6.07 Å². The highest BCUT2D eigenvalue weighted by Crippen LogP contribution is 2.21. The highest BCUT2D eigenvalue weighted by atomic mass is 19.1. The van der Waals surface area contributed by atoms with E-state index in [-0.39, 0.29) is 11.9 Å². The third-order valence-electron chi connectivity index (χ3n) is 3.26. The van der Waals surface area contributed by atoms with E-state index in [9.17, 15) is 4.39 Å². The number of hydrogen-bond acceptors (Lipinski definition) is 2. The topological polar surface area (TPSA) is 35.2 Å². The van der Waals surface area contributed by atoms with Crippen molar-refractivity contribution in [3.8, 4) is 5.75 Å². The first-order valence-corrected chi connectivity index (χ1v) is 6.89. The van der Waals surface area contributed by atoms with Crippen LogP contribution in [-0.2, 0) is 13.0 Å². The SMILES string of the molecule is CCC(N)Cc1ccccc1OCc1cccc(F)c1. The molecule has 1 atom stereocenters. The van der Waals surface area contributed by atoms with Crippen LogP contribution >= 0.6 is 0 Å². The van der Waals surface area contributed by atoms with Gasteiger partial charge in [-0.2, -0.15) is 0 Å². The van der Waals surface area contributed by atoms with Crippen LogP contribution in [0.5, 0.6) is 5.75 Å². The van der Waals surface area contributed by atoms with Crippen LogP contribution in [0.15, 0.2) is 48.5 Å². The molecule has 0 amide bonds. The smallest absolute Gasteiger partial charge is 0.123 e. The summed E-state index contributed by atoms with van der Waals surface area (Å²) in [6.07, 6.45) is 1.72. The van der Waals surface area contributed by atoms with Gasteiger partial charge in [-0.15, -0.1) is 0 Å². The molecule has 2 nitrogen and oxygen atoms in total. The normalized spacial score (nSPS) is 12.2. The molecule has 0 aliphatic heterocycles. The lowest BCUT2D eigenvalue weighted by Crippen LogP contribution is -2.21. The molecular weight excluding hydrogens is 253 g/mol. The van der Waals surface area contributed by atoms with Gasteiger partial charge in [0.2, 0.25) is 0 Å². The minimum absolute atomic E-state index is 0.133. The molecule has 0 aliphatic rings. The summed E-state index contributed by atoms with van der Waals surface area (Å²) >= 11 is 0. The molecule has 20 heavy (non-hydrogen) atoms. The number of rotatable bonds is 6. The van der Waals surface area contributed by atoms with Crippen LogP contribution in [-0.4, -0.2) is 6.04 Å². The molecule has 0 bridgehead atoms. The van der Waals surface area contributed by atoms with E-state index in [2.05, 4.69) is 6.92 Å². The van der Waals surface area contributed by atoms with Gasteiger partial charge < -0.3 is 10.5 Å². The number of halogens is 1. The van der Waals surface area contributed by atoms with Crippen molar-refractivity contribution in [2.45, 2.75) is 32.4 Å². The first-order chi connectivity index (χ1) is 9.69. The van der Waals surface area contributed by atoms with Crippen molar-refractivity contribution >= 4 is 0 Å². The fraction of sp³-hybridized carbons (Fsp3) is 0.294. The van der Waals surface area contributed by atoms with Crippen molar-refractivity contribution < 1.29 is 9.13 Å². The van der Waals surface area contributed by atoms with Gasteiger partial charge in [0, 0.05) is 6.04 Å². The molecule has 2 rings (SSSR count). The van der Waals surface area contributed by atoms with Gasteiger partial charge in [-0.05, 0) is 42.2 Å². The highest BCUT2D eigenvalue weighted by Gasteiger charge is 2.07. The summed E-state index contributed by atoms with van der Waals surface area (Å²) in [5, 5.41) is 0. The van der Waals surface area contributed by atoms with Gasteiger partial charge in [-0.1, -0.05) is 37.3 Å². The van der Waals surface area contributed by atoms with E-state index in [1.165, 1.54) is 12.1 Å². The zero-order chi connectivity index (χ0) is 14.4. The van der Waals surface area contributed by atoms with Gasteiger partial charge in [0.15, 0.2) is 0 Å². The van der Waals surface area contributed by atoms with E-state index in [0.29, 0.717) is 6.61 Å². The summed E-state index contributed by atoms with van der Waals surface area (Å²) in [5.74, 6) is 0.577. The maximum Gasteiger partial charge on any atom is 0.123 e. The van der Waals surface area contributed by atoms with E-state index in [1.807, 2.05) is 30.3 Å². The molecule has 0 fully saturated rings. The lowest BCUT2D eigenvalue weighted by atomic mass is 10.0. The second kappa shape index (κ2) is 7.06. The second-order valence-electron chi connectivity index (χ2n) is 4.90. The van der Waals surface area contributed by atoms with Crippen LogP contribution < -0.4 is 10.5 Å². The summed E-state index contributed by atoms with van der Waals surface area (Å²) in [6.45, 7) is 2.43. The van der Waals surface area contributed by atoms with Crippen LogP contribution in [0.2, 0.25) is 0 Å². The van der Waals surface area contributed by atoms with Gasteiger partial charge in [-0.3, -0.25) is 0 Å². The van der Waals surface area contributed by atoms with Gasteiger partial charge in [0.1, 0.15) is 18.2 Å². The number of nitrogens with two attached hydrogens (primary N) is 1. The van der Waals surface area contributed by atoms with Gasteiger partial charge in [0.05, 0.1) is 0 Å². The Kier molecular flexibility index (Phi) is 5.13. The first-order valence-electron chi connectivity index (χ1n) is 6.89. The Balaban J connectivity index is 2.05. The number of benzene rings is 2. The number of hydrogen-bond donors (Lipinski definition) is 1. The molecule has 106 valence electrons. The molecule has 0 saturated heterocycles. The summed E-state index contributed by atoms with van der Waals surface area (Å²) in [5.41, 5.74) is 7.91. The van der Waals surface area contributed by atoms with Gasteiger partial charge >= 0.3 is 0 Å². The predicted molar refractivity (Wildman–Crippen MR) is 79.1 cm³/mol. The van der Waals surface area contributed by atoms with Crippen LogP contribution in [0.3, 0.4) is 0 Å². The Labute approximate surface area is 119 Å². The van der Waals surface area contributed by atoms with Crippen LogP contribution in [0.1, 0.15) is 24.5 Å². The molecule has 2 aromatic carbocycles. The van der Waals surface area contributed by atoms with Gasteiger partial charge in [-0.25, -0.2) is 4.39 Å². The molecule has 0 aliphatic carbocycles. The monoisotopic (exact) mass is 273 g/mol. The lowest BCUT2D eigenvalue weighted by Gasteiger charge is -2.14. The summed E-state index contributed by atoms with van der Waals surface area (Å²) in [7, 11) is 0. The van der Waals surface area contributed by atoms with Crippen LogP contribution in [0.25, 0.3) is 0 Å². The zero-order valence-corrected chi connectivity index (χ0v) is 11.7. The Bertz CT molecular complexity index is 556.